The third kappa shape index (κ3) is 3.56. The summed E-state index contributed by atoms with van der Waals surface area (Å²) in [7, 11) is -3.05. The monoisotopic (exact) mass is 317 g/mol. The predicted octanol–water partition coefficient (Wildman–Crippen LogP) is 0.913. The fourth-order valence-corrected chi connectivity index (χ4v) is 5.28. The number of aliphatic carboxylic acids is 1. The highest BCUT2D eigenvalue weighted by Crippen LogP contribution is 2.33. The molecule has 120 valence electrons. The van der Waals surface area contributed by atoms with E-state index in [1.807, 2.05) is 6.92 Å². The molecule has 1 N–H and O–H groups in total. The SMILES string of the molecule is CCN(C(=O)C1CCCCC1C(=O)O)C1CCS(=O)(=O)C1. The number of nitrogens with zero attached hydrogens (tertiary/aromatic N) is 1. The summed E-state index contributed by atoms with van der Waals surface area (Å²) in [6.07, 6.45) is 3.29. The third-order valence-electron chi connectivity index (χ3n) is 4.67. The average molecular weight is 317 g/mol. The maximum absolute atomic E-state index is 12.7. The molecule has 0 aromatic heterocycles. The smallest absolute Gasteiger partial charge is 0.307 e. The maximum Gasteiger partial charge on any atom is 0.307 e. The van der Waals surface area contributed by atoms with Crippen LogP contribution in [0.5, 0.6) is 0 Å². The van der Waals surface area contributed by atoms with E-state index in [2.05, 4.69) is 0 Å². The van der Waals surface area contributed by atoms with Crippen molar-refractivity contribution in [1.82, 2.24) is 4.90 Å². The van der Waals surface area contributed by atoms with Gasteiger partial charge in [-0.25, -0.2) is 8.42 Å². The second-order valence-corrected chi connectivity index (χ2v) is 8.25. The van der Waals surface area contributed by atoms with Gasteiger partial charge < -0.3 is 10.0 Å². The molecule has 0 bridgehead atoms. The lowest BCUT2D eigenvalue weighted by atomic mass is 9.78. The molecule has 1 aliphatic carbocycles. The normalized spacial score (nSPS) is 31.8. The Labute approximate surface area is 125 Å². The molecule has 2 aliphatic rings. The minimum Gasteiger partial charge on any atom is -0.481 e. The minimum absolute atomic E-state index is 0.0110. The number of carboxylic acid groups (broad SMARTS) is 1. The summed E-state index contributed by atoms with van der Waals surface area (Å²) in [5.41, 5.74) is 0. The van der Waals surface area contributed by atoms with Crippen LogP contribution in [-0.2, 0) is 19.4 Å². The highest BCUT2D eigenvalue weighted by atomic mass is 32.2. The third-order valence-corrected chi connectivity index (χ3v) is 6.42. The van der Waals surface area contributed by atoms with Gasteiger partial charge in [-0.1, -0.05) is 12.8 Å². The van der Waals surface area contributed by atoms with E-state index < -0.39 is 27.6 Å². The molecule has 0 aromatic carbocycles. The van der Waals surface area contributed by atoms with Crippen molar-refractivity contribution in [3.8, 4) is 0 Å². The predicted molar refractivity (Wildman–Crippen MR) is 77.5 cm³/mol. The second kappa shape index (κ2) is 6.34. The van der Waals surface area contributed by atoms with Crippen LogP contribution < -0.4 is 0 Å². The van der Waals surface area contributed by atoms with Crippen LogP contribution in [0.15, 0.2) is 0 Å². The van der Waals surface area contributed by atoms with Crippen LogP contribution in [0.2, 0.25) is 0 Å². The van der Waals surface area contributed by atoms with Crippen molar-refractivity contribution in [2.24, 2.45) is 11.8 Å². The summed E-state index contributed by atoms with van der Waals surface area (Å²) in [6.45, 7) is 2.25. The van der Waals surface area contributed by atoms with Gasteiger partial charge in [0.25, 0.3) is 0 Å². The molecule has 1 aliphatic heterocycles. The van der Waals surface area contributed by atoms with Crippen LogP contribution in [0.25, 0.3) is 0 Å². The van der Waals surface area contributed by atoms with E-state index in [9.17, 15) is 23.1 Å². The van der Waals surface area contributed by atoms with Crippen LogP contribution in [0, 0.1) is 11.8 Å². The fraction of sp³-hybridized carbons (Fsp3) is 0.857. The van der Waals surface area contributed by atoms with E-state index in [1.54, 1.807) is 4.90 Å². The molecular formula is C14H23NO5S. The van der Waals surface area contributed by atoms with Gasteiger partial charge in [0, 0.05) is 12.6 Å². The van der Waals surface area contributed by atoms with Crippen molar-refractivity contribution in [1.29, 1.82) is 0 Å². The summed E-state index contributed by atoms with van der Waals surface area (Å²) in [6, 6.07) is -0.288. The summed E-state index contributed by atoms with van der Waals surface area (Å²) in [4.78, 5) is 25.6. The van der Waals surface area contributed by atoms with Gasteiger partial charge in [-0.2, -0.15) is 0 Å². The molecular weight excluding hydrogens is 294 g/mol. The molecule has 7 heteroatoms. The van der Waals surface area contributed by atoms with Gasteiger partial charge in [-0.3, -0.25) is 9.59 Å². The van der Waals surface area contributed by atoms with Crippen molar-refractivity contribution < 1.29 is 23.1 Å². The zero-order valence-corrected chi connectivity index (χ0v) is 13.1. The van der Waals surface area contributed by atoms with Crippen molar-refractivity contribution in [3.05, 3.63) is 0 Å². The Morgan fingerprint density at radius 2 is 1.76 bits per heavy atom. The number of hydrogen-bond acceptors (Lipinski definition) is 4. The number of rotatable bonds is 4. The number of carboxylic acids is 1. The van der Waals surface area contributed by atoms with Crippen LogP contribution in [0.1, 0.15) is 39.0 Å². The summed E-state index contributed by atoms with van der Waals surface area (Å²) in [5, 5.41) is 9.29. The molecule has 0 aromatic rings. The van der Waals surface area contributed by atoms with Crippen LogP contribution in [-0.4, -0.2) is 54.4 Å². The Morgan fingerprint density at radius 1 is 1.14 bits per heavy atom. The lowest BCUT2D eigenvalue weighted by molar-refractivity contribution is -0.153. The van der Waals surface area contributed by atoms with Gasteiger partial charge in [0.2, 0.25) is 5.91 Å². The zero-order valence-electron chi connectivity index (χ0n) is 12.3. The summed E-state index contributed by atoms with van der Waals surface area (Å²) in [5.74, 6) is -2.08. The Balaban J connectivity index is 2.13. The molecule has 2 fully saturated rings. The van der Waals surface area contributed by atoms with E-state index in [4.69, 9.17) is 0 Å². The van der Waals surface area contributed by atoms with Gasteiger partial charge >= 0.3 is 5.97 Å². The quantitative estimate of drug-likeness (QED) is 0.832. The van der Waals surface area contributed by atoms with Crippen molar-refractivity contribution >= 4 is 21.7 Å². The Kier molecular flexibility index (Phi) is 4.91. The fourth-order valence-electron chi connectivity index (χ4n) is 3.55. The molecule has 1 heterocycles. The first kappa shape index (κ1) is 16.3. The van der Waals surface area contributed by atoms with Crippen LogP contribution in [0.4, 0.5) is 0 Å². The molecule has 3 unspecified atom stereocenters. The van der Waals surface area contributed by atoms with E-state index >= 15 is 0 Å². The molecule has 21 heavy (non-hydrogen) atoms. The topological polar surface area (TPSA) is 91.8 Å². The zero-order chi connectivity index (χ0) is 15.6. The first-order valence-electron chi connectivity index (χ1n) is 7.59. The number of carbonyl (C=O) groups is 2. The Bertz CT molecular complexity index is 515. The largest absolute Gasteiger partial charge is 0.481 e. The highest BCUT2D eigenvalue weighted by Gasteiger charge is 2.41. The lowest BCUT2D eigenvalue weighted by Crippen LogP contribution is -2.47. The van der Waals surface area contributed by atoms with Crippen LogP contribution >= 0.6 is 0 Å². The lowest BCUT2D eigenvalue weighted by Gasteiger charge is -2.35. The standard InChI is InChI=1S/C14H23NO5S/c1-2-15(10-7-8-21(19,20)9-10)13(16)11-5-3-4-6-12(11)14(17)18/h10-12H,2-9H2,1H3,(H,17,18). The molecule has 1 amide bonds. The second-order valence-electron chi connectivity index (χ2n) is 6.02. The van der Waals surface area contributed by atoms with Gasteiger partial charge in [0.05, 0.1) is 23.3 Å². The van der Waals surface area contributed by atoms with Crippen LogP contribution in [0.3, 0.4) is 0 Å². The summed E-state index contributed by atoms with van der Waals surface area (Å²) >= 11 is 0. The minimum atomic E-state index is -3.05. The molecule has 3 atom stereocenters. The molecule has 1 saturated heterocycles. The first-order chi connectivity index (χ1) is 9.85. The van der Waals surface area contributed by atoms with E-state index in [0.717, 1.165) is 12.8 Å². The number of carbonyl (C=O) groups excluding carboxylic acids is 1. The molecule has 2 rings (SSSR count). The molecule has 1 saturated carbocycles. The van der Waals surface area contributed by atoms with Gasteiger partial charge in [-0.05, 0) is 26.2 Å². The van der Waals surface area contributed by atoms with E-state index in [1.165, 1.54) is 0 Å². The van der Waals surface area contributed by atoms with Crippen molar-refractivity contribution in [2.45, 2.75) is 45.1 Å². The van der Waals surface area contributed by atoms with E-state index in [0.29, 0.717) is 25.8 Å². The number of sulfone groups is 1. The average Bonchev–Trinajstić information content (AvgIpc) is 2.79. The summed E-state index contributed by atoms with van der Waals surface area (Å²) < 4.78 is 23.2. The van der Waals surface area contributed by atoms with Gasteiger partial charge in [-0.15, -0.1) is 0 Å². The van der Waals surface area contributed by atoms with E-state index in [-0.39, 0.29) is 23.5 Å². The number of hydrogen-bond donors (Lipinski definition) is 1. The molecule has 0 spiro atoms. The Hall–Kier alpha value is -1.11. The number of amides is 1. The van der Waals surface area contributed by atoms with Crippen molar-refractivity contribution in [3.63, 3.8) is 0 Å². The Morgan fingerprint density at radius 3 is 2.24 bits per heavy atom. The van der Waals surface area contributed by atoms with Gasteiger partial charge in [0.15, 0.2) is 9.84 Å². The maximum atomic E-state index is 12.7. The first-order valence-corrected chi connectivity index (χ1v) is 9.41. The molecule has 0 radical (unpaired) electrons. The molecule has 6 nitrogen and oxygen atoms in total. The van der Waals surface area contributed by atoms with Gasteiger partial charge in [0.1, 0.15) is 0 Å². The highest BCUT2D eigenvalue weighted by molar-refractivity contribution is 7.91. The van der Waals surface area contributed by atoms with Crippen molar-refractivity contribution in [2.75, 3.05) is 18.1 Å².